The first-order valence-corrected chi connectivity index (χ1v) is 5.11. The van der Waals surface area contributed by atoms with Crippen molar-refractivity contribution in [1.29, 1.82) is 0 Å². The Balaban J connectivity index is 2.79. The summed E-state index contributed by atoms with van der Waals surface area (Å²) in [4.78, 5) is 11.0. The van der Waals surface area contributed by atoms with Crippen LogP contribution in [0.5, 0.6) is 0 Å². The summed E-state index contributed by atoms with van der Waals surface area (Å²) >= 11 is 0. The lowest BCUT2D eigenvalue weighted by molar-refractivity contribution is -0.202. The van der Waals surface area contributed by atoms with Crippen LogP contribution in [0.2, 0.25) is 0 Å². The fourth-order valence-corrected chi connectivity index (χ4v) is 1.35. The summed E-state index contributed by atoms with van der Waals surface area (Å²) in [6.45, 7) is 0.615. The molecule has 1 aliphatic heterocycles. The second kappa shape index (κ2) is 5.52. The number of aliphatic hydroxyl groups is 2. The van der Waals surface area contributed by atoms with Crippen molar-refractivity contribution in [3.63, 3.8) is 0 Å². The Labute approximate surface area is 96.6 Å². The Morgan fingerprint density at radius 2 is 2.18 bits per heavy atom. The first-order valence-electron chi connectivity index (χ1n) is 5.11. The predicted molar refractivity (Wildman–Crippen MR) is 52.5 cm³/mol. The average molecular weight is 252 g/mol. The van der Waals surface area contributed by atoms with Crippen LogP contribution in [-0.4, -0.2) is 53.6 Å². The molecule has 3 atom stereocenters. The van der Waals surface area contributed by atoms with Gasteiger partial charge in [-0.15, -0.1) is 0 Å². The minimum Gasteiger partial charge on any atom is -0.461 e. The van der Waals surface area contributed by atoms with Crippen LogP contribution in [0.3, 0.4) is 0 Å². The number of carbonyl (C=O) groups excluding carboxylic acids is 1. The van der Waals surface area contributed by atoms with E-state index in [1.54, 1.807) is 0 Å². The zero-order valence-electron chi connectivity index (χ0n) is 9.18. The Bertz CT molecular complexity index is 305. The van der Waals surface area contributed by atoms with E-state index >= 15 is 0 Å². The average Bonchev–Trinajstić information content (AvgIpc) is 2.29. The number of halogens is 2. The highest BCUT2D eigenvalue weighted by atomic mass is 19.3. The number of alkyl halides is 2. The van der Waals surface area contributed by atoms with Crippen LogP contribution in [0, 0.1) is 0 Å². The van der Waals surface area contributed by atoms with Crippen LogP contribution < -0.4 is 0 Å². The lowest BCUT2D eigenvalue weighted by atomic mass is 10.1. The van der Waals surface area contributed by atoms with E-state index in [1.807, 2.05) is 0 Å². The first kappa shape index (κ1) is 14.0. The van der Waals surface area contributed by atoms with E-state index in [1.165, 1.54) is 6.92 Å². The van der Waals surface area contributed by atoms with Gasteiger partial charge in [-0.2, -0.15) is 8.78 Å². The molecule has 0 unspecified atom stereocenters. The summed E-state index contributed by atoms with van der Waals surface area (Å²) in [5.41, 5.74) is 0. The summed E-state index contributed by atoms with van der Waals surface area (Å²) in [6, 6.07) is 0. The number of hydrogen-bond acceptors (Lipinski definition) is 5. The van der Waals surface area contributed by atoms with E-state index < -0.39 is 36.8 Å². The first-order chi connectivity index (χ1) is 7.93. The van der Waals surface area contributed by atoms with Crippen molar-refractivity contribution in [2.45, 2.75) is 31.2 Å². The van der Waals surface area contributed by atoms with Gasteiger partial charge in [0.05, 0.1) is 13.2 Å². The van der Waals surface area contributed by atoms with Crippen LogP contribution in [-0.2, 0) is 14.3 Å². The van der Waals surface area contributed by atoms with Gasteiger partial charge in [0.25, 0.3) is 0 Å². The maximum atomic E-state index is 13.5. The SMILES string of the molecule is CCOC(=O)C(F)(F)[C@H]1C=C[C@H](O)[C@@H](CO)O1. The summed E-state index contributed by atoms with van der Waals surface area (Å²) < 4.78 is 36.0. The second-order valence-corrected chi connectivity index (χ2v) is 3.50. The van der Waals surface area contributed by atoms with Gasteiger partial charge in [0.2, 0.25) is 0 Å². The van der Waals surface area contributed by atoms with Crippen molar-refractivity contribution in [1.82, 2.24) is 0 Å². The van der Waals surface area contributed by atoms with Crippen LogP contribution >= 0.6 is 0 Å². The van der Waals surface area contributed by atoms with Gasteiger partial charge in [-0.1, -0.05) is 12.2 Å². The molecule has 5 nitrogen and oxygen atoms in total. The van der Waals surface area contributed by atoms with Gasteiger partial charge < -0.3 is 19.7 Å². The predicted octanol–water partition coefficient (Wildman–Crippen LogP) is -0.138. The standard InChI is InChI=1S/C10H14F2O5/c1-2-16-9(15)10(11,12)8-4-3-6(14)7(5-13)17-8/h3-4,6-8,13-14H,2,5H2,1H3/t6-,7+,8+/m0/s1. The van der Waals surface area contributed by atoms with Crippen molar-refractivity contribution in [3.05, 3.63) is 12.2 Å². The van der Waals surface area contributed by atoms with Gasteiger partial charge in [-0.3, -0.25) is 0 Å². The molecule has 2 N–H and O–H groups in total. The number of aliphatic hydroxyl groups excluding tert-OH is 2. The molecule has 1 rings (SSSR count). The fraction of sp³-hybridized carbons (Fsp3) is 0.700. The van der Waals surface area contributed by atoms with E-state index in [2.05, 4.69) is 4.74 Å². The van der Waals surface area contributed by atoms with Crippen molar-refractivity contribution in [3.8, 4) is 0 Å². The number of ether oxygens (including phenoxy) is 2. The Morgan fingerprint density at radius 3 is 2.71 bits per heavy atom. The third-order valence-corrected chi connectivity index (χ3v) is 2.27. The van der Waals surface area contributed by atoms with Crippen molar-refractivity contribution >= 4 is 5.97 Å². The van der Waals surface area contributed by atoms with Crippen LogP contribution in [0.1, 0.15) is 6.92 Å². The van der Waals surface area contributed by atoms with Gasteiger partial charge in [-0.05, 0) is 6.92 Å². The molecule has 1 heterocycles. The number of esters is 1. The van der Waals surface area contributed by atoms with Crippen molar-refractivity contribution < 1.29 is 33.3 Å². The molecule has 0 saturated carbocycles. The van der Waals surface area contributed by atoms with E-state index in [0.717, 1.165) is 12.2 Å². The quantitative estimate of drug-likeness (QED) is 0.538. The Hall–Kier alpha value is -1.05. The molecule has 0 aromatic rings. The molecule has 0 bridgehead atoms. The number of rotatable bonds is 4. The van der Waals surface area contributed by atoms with E-state index in [0.29, 0.717) is 0 Å². The third-order valence-electron chi connectivity index (χ3n) is 2.27. The highest BCUT2D eigenvalue weighted by Gasteiger charge is 2.51. The Kier molecular flexibility index (Phi) is 4.55. The smallest absolute Gasteiger partial charge is 0.380 e. The molecule has 0 aromatic carbocycles. The highest BCUT2D eigenvalue weighted by Crippen LogP contribution is 2.28. The number of hydrogen-bond donors (Lipinski definition) is 2. The zero-order chi connectivity index (χ0) is 13.1. The van der Waals surface area contributed by atoms with E-state index in [9.17, 15) is 18.7 Å². The molecule has 0 saturated heterocycles. The lowest BCUT2D eigenvalue weighted by Crippen LogP contribution is -2.49. The maximum Gasteiger partial charge on any atom is 0.380 e. The monoisotopic (exact) mass is 252 g/mol. The molecule has 0 fully saturated rings. The van der Waals surface area contributed by atoms with Gasteiger partial charge in [0.15, 0.2) is 6.10 Å². The normalized spacial score (nSPS) is 29.1. The van der Waals surface area contributed by atoms with E-state index in [-0.39, 0.29) is 6.61 Å². The molecule has 0 spiro atoms. The van der Waals surface area contributed by atoms with Crippen LogP contribution in [0.4, 0.5) is 8.78 Å². The molecule has 17 heavy (non-hydrogen) atoms. The lowest BCUT2D eigenvalue weighted by Gasteiger charge is -2.31. The van der Waals surface area contributed by atoms with Crippen molar-refractivity contribution in [2.75, 3.05) is 13.2 Å². The topological polar surface area (TPSA) is 76.0 Å². The summed E-state index contributed by atoms with van der Waals surface area (Å²) in [5.74, 6) is -5.54. The summed E-state index contributed by atoms with van der Waals surface area (Å²) in [7, 11) is 0. The van der Waals surface area contributed by atoms with E-state index in [4.69, 9.17) is 9.84 Å². The number of carbonyl (C=O) groups is 1. The largest absolute Gasteiger partial charge is 0.461 e. The van der Waals surface area contributed by atoms with Gasteiger partial charge in [-0.25, -0.2) is 4.79 Å². The molecule has 7 heteroatoms. The molecular weight excluding hydrogens is 238 g/mol. The van der Waals surface area contributed by atoms with Crippen LogP contribution in [0.25, 0.3) is 0 Å². The summed E-state index contributed by atoms with van der Waals surface area (Å²) in [5, 5.41) is 18.1. The zero-order valence-corrected chi connectivity index (χ0v) is 9.18. The molecule has 0 aliphatic carbocycles. The molecule has 0 aromatic heterocycles. The van der Waals surface area contributed by atoms with Gasteiger partial charge in [0.1, 0.15) is 12.2 Å². The fourth-order valence-electron chi connectivity index (χ4n) is 1.35. The molecule has 0 radical (unpaired) electrons. The third kappa shape index (κ3) is 2.99. The second-order valence-electron chi connectivity index (χ2n) is 3.50. The van der Waals surface area contributed by atoms with Gasteiger partial charge in [0, 0.05) is 0 Å². The highest BCUT2D eigenvalue weighted by molar-refractivity contribution is 5.78. The Morgan fingerprint density at radius 1 is 1.53 bits per heavy atom. The van der Waals surface area contributed by atoms with Gasteiger partial charge >= 0.3 is 11.9 Å². The molecule has 1 aliphatic rings. The van der Waals surface area contributed by atoms with Crippen LogP contribution in [0.15, 0.2) is 12.2 Å². The minimum atomic E-state index is -3.85. The summed E-state index contributed by atoms with van der Waals surface area (Å²) in [6.07, 6.45) is -2.25. The van der Waals surface area contributed by atoms with Crippen molar-refractivity contribution in [2.24, 2.45) is 0 Å². The molecule has 98 valence electrons. The molecule has 0 amide bonds. The maximum absolute atomic E-state index is 13.5. The minimum absolute atomic E-state index is 0.170. The molecular formula is C10H14F2O5.